The van der Waals surface area contributed by atoms with E-state index < -0.39 is 41.0 Å². The molecule has 0 aromatic rings. The first kappa shape index (κ1) is 19.0. The van der Waals surface area contributed by atoms with E-state index >= 15 is 0 Å². The topological polar surface area (TPSA) is 115 Å². The molecule has 2 unspecified atom stereocenters. The maximum Gasteiger partial charge on any atom is 0.192 e. The van der Waals surface area contributed by atoms with Gasteiger partial charge in [0.2, 0.25) is 0 Å². The first-order valence-electron chi connectivity index (χ1n) is 9.76. The van der Waals surface area contributed by atoms with Crippen LogP contribution in [0, 0.1) is 28.6 Å². The monoisotopic (exact) mass is 376 g/mol. The van der Waals surface area contributed by atoms with Crippen LogP contribution in [0.4, 0.5) is 0 Å². The lowest BCUT2D eigenvalue weighted by Crippen LogP contribution is -2.63. The summed E-state index contributed by atoms with van der Waals surface area (Å²) in [7, 11) is 0. The van der Waals surface area contributed by atoms with E-state index in [1.54, 1.807) is 19.1 Å². The van der Waals surface area contributed by atoms with E-state index in [0.717, 1.165) is 18.4 Å². The van der Waals surface area contributed by atoms with E-state index in [-0.39, 0.29) is 36.4 Å². The van der Waals surface area contributed by atoms with Gasteiger partial charge in [-0.2, -0.15) is 0 Å². The molecule has 4 aliphatic carbocycles. The third kappa shape index (κ3) is 2.21. The number of carbonyl (C=O) groups excluding carboxylic acids is 2. The Morgan fingerprint density at radius 3 is 2.67 bits per heavy atom. The maximum absolute atomic E-state index is 12.4. The van der Waals surface area contributed by atoms with Gasteiger partial charge in [0, 0.05) is 16.7 Å². The van der Waals surface area contributed by atoms with Crippen LogP contribution in [-0.2, 0) is 9.59 Å². The van der Waals surface area contributed by atoms with E-state index in [0.29, 0.717) is 0 Å². The molecule has 0 aromatic carbocycles. The minimum Gasteiger partial charge on any atom is -0.393 e. The summed E-state index contributed by atoms with van der Waals surface area (Å²) in [6.07, 6.45) is 4.97. The molecule has 148 valence electrons. The SMILES string of the molecule is C[C@]12C=CC(=O)C=C1CC[C@@H]1C2[C@@H](O)C[C@@]2(C)C1C[C@@H](O)[C@]2(O)C(=O)CO. The summed E-state index contributed by atoms with van der Waals surface area (Å²) in [6.45, 7) is 2.96. The van der Waals surface area contributed by atoms with Crippen molar-refractivity contribution in [2.24, 2.45) is 28.6 Å². The molecule has 0 aliphatic heterocycles. The predicted molar refractivity (Wildman–Crippen MR) is 96.4 cm³/mol. The van der Waals surface area contributed by atoms with Crippen LogP contribution >= 0.6 is 0 Å². The second-order valence-electron chi connectivity index (χ2n) is 9.31. The maximum atomic E-state index is 12.4. The molecule has 0 amide bonds. The Bertz CT molecular complexity index is 756. The summed E-state index contributed by atoms with van der Waals surface area (Å²) >= 11 is 0. The zero-order valence-electron chi connectivity index (χ0n) is 15.8. The number of hydrogen-bond donors (Lipinski definition) is 4. The molecule has 3 saturated carbocycles. The number of hydrogen-bond acceptors (Lipinski definition) is 6. The van der Waals surface area contributed by atoms with Gasteiger partial charge in [0.1, 0.15) is 6.61 Å². The van der Waals surface area contributed by atoms with Gasteiger partial charge in [-0.15, -0.1) is 0 Å². The summed E-state index contributed by atoms with van der Waals surface area (Å²) in [5.74, 6) is -1.09. The number of fused-ring (bicyclic) bond motifs is 5. The van der Waals surface area contributed by atoms with Crippen molar-refractivity contribution in [3.8, 4) is 0 Å². The quantitative estimate of drug-likeness (QED) is 0.559. The third-order valence-corrected chi connectivity index (χ3v) is 8.28. The lowest BCUT2D eigenvalue weighted by molar-refractivity contribution is -0.190. The van der Waals surface area contributed by atoms with Crippen molar-refractivity contribution in [1.82, 2.24) is 0 Å². The number of aliphatic hydroxyl groups excluding tert-OH is 3. The van der Waals surface area contributed by atoms with Gasteiger partial charge >= 0.3 is 0 Å². The fourth-order valence-electron chi connectivity index (χ4n) is 6.96. The van der Waals surface area contributed by atoms with Gasteiger partial charge in [-0.1, -0.05) is 25.5 Å². The fraction of sp³-hybridized carbons (Fsp3) is 0.714. The number of Topliss-reactive ketones (excluding diaryl/α,β-unsaturated/α-hetero) is 1. The number of ketones is 2. The molecule has 8 atom stereocenters. The minimum atomic E-state index is -2.05. The average Bonchev–Trinajstić information content (AvgIpc) is 2.82. The Morgan fingerprint density at radius 1 is 1.30 bits per heavy atom. The van der Waals surface area contributed by atoms with Crippen LogP contribution in [0.15, 0.2) is 23.8 Å². The first-order valence-corrected chi connectivity index (χ1v) is 9.76. The summed E-state index contributed by atoms with van der Waals surface area (Å²) in [6, 6.07) is 0. The molecule has 0 heterocycles. The number of rotatable bonds is 2. The predicted octanol–water partition coefficient (Wildman–Crippen LogP) is 0.528. The molecule has 6 nitrogen and oxygen atoms in total. The molecular weight excluding hydrogens is 348 g/mol. The van der Waals surface area contributed by atoms with Gasteiger partial charge in [-0.05, 0) is 49.7 Å². The van der Waals surface area contributed by atoms with E-state index in [1.165, 1.54) is 0 Å². The van der Waals surface area contributed by atoms with Crippen LogP contribution in [0.2, 0.25) is 0 Å². The molecule has 0 aromatic heterocycles. The smallest absolute Gasteiger partial charge is 0.192 e. The van der Waals surface area contributed by atoms with E-state index in [1.807, 2.05) is 13.0 Å². The van der Waals surface area contributed by atoms with E-state index in [9.17, 15) is 30.0 Å². The van der Waals surface area contributed by atoms with Gasteiger partial charge in [0.05, 0.1) is 12.2 Å². The lowest BCUT2D eigenvalue weighted by atomic mass is 9.46. The van der Waals surface area contributed by atoms with Gasteiger partial charge in [0.25, 0.3) is 0 Å². The molecule has 4 N–H and O–H groups in total. The Morgan fingerprint density at radius 2 is 2.00 bits per heavy atom. The largest absolute Gasteiger partial charge is 0.393 e. The average molecular weight is 376 g/mol. The molecule has 0 radical (unpaired) electrons. The number of aliphatic hydroxyl groups is 4. The van der Waals surface area contributed by atoms with Crippen molar-refractivity contribution >= 4 is 11.6 Å². The standard InChI is InChI=1S/C21H28O6/c1-19-6-5-12(23)7-11(19)3-4-13-14-8-16(25)21(27,17(26)10-22)20(14,2)9-15(24)18(13)19/h5-7,13-16,18,22,24-25,27H,3-4,8-10H2,1-2H3/t13-,14?,15-,16+,18?,19-,20-,21-/m0/s1. The summed E-state index contributed by atoms with van der Waals surface area (Å²) in [5.41, 5.74) is -2.46. The molecule has 4 rings (SSSR count). The highest BCUT2D eigenvalue weighted by molar-refractivity contribution is 6.01. The van der Waals surface area contributed by atoms with Crippen molar-refractivity contribution in [1.29, 1.82) is 0 Å². The van der Waals surface area contributed by atoms with Gasteiger partial charge < -0.3 is 20.4 Å². The second kappa shape index (κ2) is 5.83. The Balaban J connectivity index is 1.78. The zero-order valence-corrected chi connectivity index (χ0v) is 15.8. The summed E-state index contributed by atoms with van der Waals surface area (Å²) in [4.78, 5) is 24.2. The Kier molecular flexibility index (Phi) is 4.10. The van der Waals surface area contributed by atoms with E-state index in [4.69, 9.17) is 0 Å². The second-order valence-corrected chi connectivity index (χ2v) is 9.31. The molecule has 3 fully saturated rings. The number of allylic oxidation sites excluding steroid dienone is 4. The molecule has 6 heteroatoms. The first-order chi connectivity index (χ1) is 12.6. The fourth-order valence-corrected chi connectivity index (χ4v) is 6.96. The zero-order chi connectivity index (χ0) is 19.8. The molecule has 0 spiro atoms. The van der Waals surface area contributed by atoms with Crippen molar-refractivity contribution in [2.75, 3.05) is 6.61 Å². The molecule has 4 aliphatic rings. The van der Waals surface area contributed by atoms with Crippen LogP contribution in [0.3, 0.4) is 0 Å². The van der Waals surface area contributed by atoms with E-state index in [2.05, 4.69) is 0 Å². The van der Waals surface area contributed by atoms with Gasteiger partial charge in [0.15, 0.2) is 17.2 Å². The normalized spacial score (nSPS) is 51.3. The molecule has 27 heavy (non-hydrogen) atoms. The third-order valence-electron chi connectivity index (χ3n) is 8.28. The van der Waals surface area contributed by atoms with Crippen LogP contribution in [-0.4, -0.2) is 56.4 Å². The Hall–Kier alpha value is -1.34. The van der Waals surface area contributed by atoms with Crippen LogP contribution in [0.1, 0.15) is 39.5 Å². The Labute approximate surface area is 158 Å². The van der Waals surface area contributed by atoms with Gasteiger partial charge in [-0.3, -0.25) is 9.59 Å². The van der Waals surface area contributed by atoms with Crippen molar-refractivity contribution in [3.63, 3.8) is 0 Å². The lowest BCUT2D eigenvalue weighted by Gasteiger charge is -2.59. The highest BCUT2D eigenvalue weighted by atomic mass is 16.4. The number of carbonyl (C=O) groups is 2. The molecule has 0 bridgehead atoms. The summed E-state index contributed by atoms with van der Waals surface area (Å²) in [5, 5.41) is 42.3. The molecular formula is C21H28O6. The van der Waals surface area contributed by atoms with Crippen LogP contribution < -0.4 is 0 Å². The highest BCUT2D eigenvalue weighted by Gasteiger charge is 2.71. The van der Waals surface area contributed by atoms with Crippen molar-refractivity contribution in [3.05, 3.63) is 23.8 Å². The van der Waals surface area contributed by atoms with Crippen molar-refractivity contribution < 1.29 is 30.0 Å². The van der Waals surface area contributed by atoms with Crippen LogP contribution in [0.25, 0.3) is 0 Å². The van der Waals surface area contributed by atoms with Crippen molar-refractivity contribution in [2.45, 2.75) is 57.3 Å². The molecule has 0 saturated heterocycles. The van der Waals surface area contributed by atoms with Crippen LogP contribution in [0.5, 0.6) is 0 Å². The minimum absolute atomic E-state index is 0.00826. The summed E-state index contributed by atoms with van der Waals surface area (Å²) < 4.78 is 0. The highest BCUT2D eigenvalue weighted by Crippen LogP contribution is 2.67. The van der Waals surface area contributed by atoms with Gasteiger partial charge in [-0.25, -0.2) is 0 Å².